The largest absolute Gasteiger partial charge is 0.350 e. The van der Waals surface area contributed by atoms with E-state index in [0.29, 0.717) is 23.9 Å². The smallest absolute Gasteiger partial charge is 0.282 e. The number of rotatable bonds is 7. The summed E-state index contributed by atoms with van der Waals surface area (Å²) in [6, 6.07) is 15.3. The Labute approximate surface area is 182 Å². The van der Waals surface area contributed by atoms with Gasteiger partial charge in [-0.1, -0.05) is 42.5 Å². The van der Waals surface area contributed by atoms with E-state index >= 15 is 0 Å². The van der Waals surface area contributed by atoms with Crippen LogP contribution in [0.1, 0.15) is 27.2 Å². The molecule has 9 nitrogen and oxygen atoms in total. The van der Waals surface area contributed by atoms with Crippen LogP contribution in [0.3, 0.4) is 0 Å². The van der Waals surface area contributed by atoms with Crippen LogP contribution in [-0.4, -0.2) is 26.5 Å². The number of nitro groups is 1. The van der Waals surface area contributed by atoms with Gasteiger partial charge in [0.05, 0.1) is 10.6 Å². The Bertz CT molecular complexity index is 1150. The van der Waals surface area contributed by atoms with Gasteiger partial charge in [-0.2, -0.15) is 16.9 Å². The SMILES string of the molecule is O=C(Cn1nc2c(c1NC(=O)c1ccccc1[N+](=O)[O-])CSC2)NCc1ccccc1. The Balaban J connectivity index is 1.52. The fourth-order valence-electron chi connectivity index (χ4n) is 3.31. The maximum atomic E-state index is 12.8. The van der Waals surface area contributed by atoms with E-state index in [9.17, 15) is 19.7 Å². The number of nitro benzene ring substituents is 1. The number of amides is 2. The van der Waals surface area contributed by atoms with Gasteiger partial charge in [-0.15, -0.1) is 0 Å². The van der Waals surface area contributed by atoms with Gasteiger partial charge in [-0.3, -0.25) is 19.7 Å². The molecule has 0 radical (unpaired) electrons. The summed E-state index contributed by atoms with van der Waals surface area (Å²) in [4.78, 5) is 36.0. The topological polar surface area (TPSA) is 119 Å². The molecule has 0 saturated heterocycles. The van der Waals surface area contributed by atoms with Crippen LogP contribution in [0.5, 0.6) is 0 Å². The highest BCUT2D eigenvalue weighted by Gasteiger charge is 2.27. The third kappa shape index (κ3) is 4.58. The summed E-state index contributed by atoms with van der Waals surface area (Å²) >= 11 is 1.65. The minimum Gasteiger partial charge on any atom is -0.350 e. The molecular weight excluding hydrogens is 418 g/mol. The van der Waals surface area contributed by atoms with Crippen LogP contribution < -0.4 is 10.6 Å². The van der Waals surface area contributed by atoms with Crippen molar-refractivity contribution in [1.29, 1.82) is 0 Å². The summed E-state index contributed by atoms with van der Waals surface area (Å²) < 4.78 is 1.46. The summed E-state index contributed by atoms with van der Waals surface area (Å²) in [5, 5.41) is 21.3. The molecule has 2 amide bonds. The number of para-hydroxylation sites is 1. The van der Waals surface area contributed by atoms with Gasteiger partial charge in [0.2, 0.25) is 5.91 Å². The molecule has 4 rings (SSSR count). The number of nitrogens with one attached hydrogen (secondary N) is 2. The lowest BCUT2D eigenvalue weighted by molar-refractivity contribution is -0.385. The van der Waals surface area contributed by atoms with Crippen LogP contribution in [0.25, 0.3) is 0 Å². The Kier molecular flexibility index (Phi) is 5.99. The number of aromatic nitrogens is 2. The van der Waals surface area contributed by atoms with E-state index in [2.05, 4.69) is 15.7 Å². The average Bonchev–Trinajstić information content (AvgIpc) is 3.35. The second-order valence-corrected chi connectivity index (χ2v) is 7.90. The number of hydrogen-bond donors (Lipinski definition) is 2. The number of fused-ring (bicyclic) bond motifs is 1. The zero-order chi connectivity index (χ0) is 21.8. The van der Waals surface area contributed by atoms with E-state index in [-0.39, 0.29) is 23.7 Å². The molecular formula is C21H19N5O4S. The maximum Gasteiger partial charge on any atom is 0.282 e. The van der Waals surface area contributed by atoms with E-state index in [1.54, 1.807) is 17.8 Å². The van der Waals surface area contributed by atoms with Crippen molar-refractivity contribution in [3.8, 4) is 0 Å². The number of carbonyl (C=O) groups excluding carboxylic acids is 2. The number of anilines is 1. The van der Waals surface area contributed by atoms with Crippen molar-refractivity contribution in [3.63, 3.8) is 0 Å². The van der Waals surface area contributed by atoms with Crippen LogP contribution >= 0.6 is 11.8 Å². The second kappa shape index (κ2) is 9.00. The predicted octanol–water partition coefficient (Wildman–Crippen LogP) is 3.11. The second-order valence-electron chi connectivity index (χ2n) is 6.92. The number of thioether (sulfide) groups is 1. The van der Waals surface area contributed by atoms with Gasteiger partial charge in [0.1, 0.15) is 17.9 Å². The fraction of sp³-hybridized carbons (Fsp3) is 0.190. The minimum absolute atomic E-state index is 0.0480. The molecule has 0 unspecified atom stereocenters. The summed E-state index contributed by atoms with van der Waals surface area (Å²) in [6.07, 6.45) is 0. The van der Waals surface area contributed by atoms with Crippen molar-refractivity contribution in [2.45, 2.75) is 24.6 Å². The lowest BCUT2D eigenvalue weighted by atomic mass is 10.1. The van der Waals surface area contributed by atoms with Crippen molar-refractivity contribution in [2.75, 3.05) is 5.32 Å². The van der Waals surface area contributed by atoms with Crippen molar-refractivity contribution in [3.05, 3.63) is 87.1 Å². The van der Waals surface area contributed by atoms with Crippen LogP contribution in [0, 0.1) is 10.1 Å². The molecule has 0 saturated carbocycles. The molecule has 158 valence electrons. The molecule has 2 aromatic carbocycles. The van der Waals surface area contributed by atoms with Crippen LogP contribution in [0.2, 0.25) is 0 Å². The lowest BCUT2D eigenvalue weighted by Crippen LogP contribution is -2.29. The van der Waals surface area contributed by atoms with Crippen molar-refractivity contribution < 1.29 is 14.5 Å². The van der Waals surface area contributed by atoms with Gasteiger partial charge in [0.15, 0.2) is 0 Å². The molecule has 2 heterocycles. The summed E-state index contributed by atoms with van der Waals surface area (Å²) in [5.41, 5.74) is 2.29. The van der Waals surface area contributed by atoms with E-state index in [1.807, 2.05) is 30.3 Å². The first-order valence-electron chi connectivity index (χ1n) is 9.54. The zero-order valence-electron chi connectivity index (χ0n) is 16.4. The molecule has 31 heavy (non-hydrogen) atoms. The third-order valence-corrected chi connectivity index (χ3v) is 5.79. The Morgan fingerprint density at radius 1 is 1.10 bits per heavy atom. The molecule has 10 heteroatoms. The zero-order valence-corrected chi connectivity index (χ0v) is 17.2. The van der Waals surface area contributed by atoms with Gasteiger partial charge in [0.25, 0.3) is 11.6 Å². The highest BCUT2D eigenvalue weighted by molar-refractivity contribution is 7.98. The molecule has 2 N–H and O–H groups in total. The van der Waals surface area contributed by atoms with Crippen molar-refractivity contribution >= 4 is 35.1 Å². The van der Waals surface area contributed by atoms with Gasteiger partial charge >= 0.3 is 0 Å². The first-order valence-corrected chi connectivity index (χ1v) is 10.7. The summed E-state index contributed by atoms with van der Waals surface area (Å²) in [5.74, 6) is 0.866. The van der Waals surface area contributed by atoms with Crippen LogP contribution in [0.4, 0.5) is 11.5 Å². The van der Waals surface area contributed by atoms with Gasteiger partial charge in [0, 0.05) is 29.7 Å². The standard InChI is InChI=1S/C21H19N5O4S/c27-19(22-10-14-6-2-1-3-7-14)11-25-20(16-12-31-13-17(16)24-25)23-21(28)15-8-4-5-9-18(15)26(29)30/h1-9H,10-13H2,(H,22,27)(H,23,28). The molecule has 1 aliphatic rings. The van der Waals surface area contributed by atoms with Crippen LogP contribution in [-0.2, 0) is 29.4 Å². The van der Waals surface area contributed by atoms with E-state index in [4.69, 9.17) is 0 Å². The lowest BCUT2D eigenvalue weighted by Gasteiger charge is -2.11. The van der Waals surface area contributed by atoms with E-state index in [1.165, 1.54) is 22.9 Å². The molecule has 0 fully saturated rings. The number of hydrogen-bond acceptors (Lipinski definition) is 6. The van der Waals surface area contributed by atoms with Crippen molar-refractivity contribution in [2.24, 2.45) is 0 Å². The summed E-state index contributed by atoms with van der Waals surface area (Å²) in [6.45, 7) is 0.311. The Morgan fingerprint density at radius 3 is 2.61 bits per heavy atom. The predicted molar refractivity (Wildman–Crippen MR) is 117 cm³/mol. The van der Waals surface area contributed by atoms with Crippen LogP contribution in [0.15, 0.2) is 54.6 Å². The van der Waals surface area contributed by atoms with E-state index in [0.717, 1.165) is 16.8 Å². The molecule has 0 aliphatic carbocycles. The number of carbonyl (C=O) groups is 2. The normalized spacial score (nSPS) is 12.3. The molecule has 1 aliphatic heterocycles. The van der Waals surface area contributed by atoms with E-state index < -0.39 is 10.8 Å². The fourth-order valence-corrected chi connectivity index (χ4v) is 4.34. The monoisotopic (exact) mass is 437 g/mol. The molecule has 0 atom stereocenters. The molecule has 0 bridgehead atoms. The maximum absolute atomic E-state index is 12.8. The van der Waals surface area contributed by atoms with Gasteiger partial charge in [-0.05, 0) is 11.6 Å². The van der Waals surface area contributed by atoms with Crippen molar-refractivity contribution in [1.82, 2.24) is 15.1 Å². The quantitative estimate of drug-likeness (QED) is 0.433. The average molecular weight is 437 g/mol. The Morgan fingerprint density at radius 2 is 1.84 bits per heavy atom. The molecule has 1 aromatic heterocycles. The highest BCUT2D eigenvalue weighted by atomic mass is 32.2. The summed E-state index contributed by atoms with van der Waals surface area (Å²) in [7, 11) is 0. The highest BCUT2D eigenvalue weighted by Crippen LogP contribution is 2.35. The minimum atomic E-state index is -0.613. The first-order chi connectivity index (χ1) is 15.0. The molecule has 0 spiro atoms. The number of benzene rings is 2. The third-order valence-electron chi connectivity index (χ3n) is 4.82. The number of nitrogens with zero attached hydrogens (tertiary/aromatic N) is 3. The first kappa shape index (κ1) is 20.6. The Hall–Kier alpha value is -3.66. The molecule has 3 aromatic rings. The van der Waals surface area contributed by atoms with Gasteiger partial charge < -0.3 is 10.6 Å². The van der Waals surface area contributed by atoms with Gasteiger partial charge in [-0.25, -0.2) is 4.68 Å².